The third-order valence-corrected chi connectivity index (χ3v) is 3.69. The minimum atomic E-state index is -0.348. The van der Waals surface area contributed by atoms with Crippen molar-refractivity contribution in [3.05, 3.63) is 65.0 Å². The number of aliphatic imine (C=N–C) groups is 1. The molecule has 0 aliphatic carbocycles. The summed E-state index contributed by atoms with van der Waals surface area (Å²) in [6.45, 7) is 5.53. The molecule has 0 aliphatic rings. The van der Waals surface area contributed by atoms with Crippen LogP contribution in [0.3, 0.4) is 0 Å². The Morgan fingerprint density at radius 2 is 1.84 bits per heavy atom. The van der Waals surface area contributed by atoms with Crippen LogP contribution < -0.4 is 15.4 Å². The van der Waals surface area contributed by atoms with Gasteiger partial charge in [-0.3, -0.25) is 4.99 Å². The van der Waals surface area contributed by atoms with Gasteiger partial charge >= 0.3 is 0 Å². The van der Waals surface area contributed by atoms with Gasteiger partial charge < -0.3 is 15.4 Å². The molecule has 0 spiro atoms. The zero-order chi connectivity index (χ0) is 17.4. The van der Waals surface area contributed by atoms with Crippen molar-refractivity contribution in [1.29, 1.82) is 0 Å². The van der Waals surface area contributed by atoms with E-state index in [-0.39, 0.29) is 35.5 Å². The average Bonchev–Trinajstić information content (AvgIpc) is 2.59. The molecule has 6 heteroatoms. The van der Waals surface area contributed by atoms with E-state index < -0.39 is 0 Å². The number of ether oxygens (including phenoxy) is 1. The number of aryl methyl sites for hydroxylation is 1. The normalized spacial score (nSPS) is 10.8. The van der Waals surface area contributed by atoms with E-state index in [9.17, 15) is 4.39 Å². The van der Waals surface area contributed by atoms with E-state index in [1.807, 2.05) is 25.1 Å². The Balaban J connectivity index is 0.00000312. The molecule has 0 unspecified atom stereocenters. The van der Waals surface area contributed by atoms with Crippen molar-refractivity contribution < 1.29 is 9.13 Å². The smallest absolute Gasteiger partial charge is 0.191 e. The van der Waals surface area contributed by atoms with E-state index in [1.165, 1.54) is 17.2 Å². The molecule has 2 aromatic carbocycles. The van der Waals surface area contributed by atoms with Gasteiger partial charge in [-0.25, -0.2) is 4.39 Å². The predicted octanol–water partition coefficient (Wildman–Crippen LogP) is 4.02. The Morgan fingerprint density at radius 3 is 2.48 bits per heavy atom. The lowest BCUT2D eigenvalue weighted by Crippen LogP contribution is -2.36. The Bertz CT molecular complexity index is 707. The second-order valence-corrected chi connectivity index (χ2v) is 5.40. The molecule has 2 N–H and O–H groups in total. The van der Waals surface area contributed by atoms with E-state index in [4.69, 9.17) is 4.74 Å². The van der Waals surface area contributed by atoms with Crippen LogP contribution in [0.1, 0.15) is 23.6 Å². The first kappa shape index (κ1) is 21.2. The second-order valence-electron chi connectivity index (χ2n) is 5.40. The molecular formula is C19H25FIN3O. The van der Waals surface area contributed by atoms with Crippen LogP contribution in [-0.2, 0) is 13.1 Å². The van der Waals surface area contributed by atoms with Crippen molar-refractivity contribution >= 4 is 29.9 Å². The number of hydrogen-bond donors (Lipinski definition) is 2. The molecule has 0 heterocycles. The maximum absolute atomic E-state index is 13.9. The minimum absolute atomic E-state index is 0. The van der Waals surface area contributed by atoms with E-state index in [0.29, 0.717) is 25.7 Å². The van der Waals surface area contributed by atoms with Crippen LogP contribution in [0, 0.1) is 12.7 Å². The number of guanidine groups is 1. The lowest BCUT2D eigenvalue weighted by molar-refractivity contribution is 0.321. The summed E-state index contributed by atoms with van der Waals surface area (Å²) in [5.41, 5.74) is 3.27. The number of nitrogens with zero attached hydrogens (tertiary/aromatic N) is 1. The number of hydrogen-bond acceptors (Lipinski definition) is 2. The molecule has 4 nitrogen and oxygen atoms in total. The van der Waals surface area contributed by atoms with Crippen LogP contribution in [0.25, 0.3) is 0 Å². The van der Waals surface area contributed by atoms with Crippen molar-refractivity contribution in [1.82, 2.24) is 10.6 Å². The number of rotatable bonds is 6. The highest BCUT2D eigenvalue weighted by molar-refractivity contribution is 14.0. The minimum Gasteiger partial charge on any atom is -0.491 e. The van der Waals surface area contributed by atoms with Crippen LogP contribution in [0.15, 0.2) is 47.5 Å². The van der Waals surface area contributed by atoms with Gasteiger partial charge in [-0.1, -0.05) is 30.3 Å². The molecule has 0 fully saturated rings. The summed E-state index contributed by atoms with van der Waals surface area (Å²) < 4.78 is 19.1. The third-order valence-electron chi connectivity index (χ3n) is 3.69. The van der Waals surface area contributed by atoms with Crippen LogP contribution in [0.5, 0.6) is 5.75 Å². The molecular weight excluding hydrogens is 432 g/mol. The Labute approximate surface area is 165 Å². The molecule has 0 aromatic heterocycles. The maximum Gasteiger partial charge on any atom is 0.191 e. The van der Waals surface area contributed by atoms with Gasteiger partial charge in [0.25, 0.3) is 0 Å². The monoisotopic (exact) mass is 457 g/mol. The first-order chi connectivity index (χ1) is 11.6. The van der Waals surface area contributed by atoms with Crippen LogP contribution in [0.2, 0.25) is 0 Å². The molecule has 25 heavy (non-hydrogen) atoms. The molecule has 0 saturated carbocycles. The lowest BCUT2D eigenvalue weighted by Gasteiger charge is -2.13. The summed E-state index contributed by atoms with van der Waals surface area (Å²) in [6, 6.07) is 13.2. The first-order valence-corrected chi connectivity index (χ1v) is 8.04. The lowest BCUT2D eigenvalue weighted by atomic mass is 10.1. The van der Waals surface area contributed by atoms with Gasteiger partial charge in [0, 0.05) is 20.1 Å². The molecule has 2 rings (SSSR count). The fraction of sp³-hybridized carbons (Fsp3) is 0.316. The number of benzene rings is 2. The molecule has 0 saturated heterocycles. The van der Waals surface area contributed by atoms with E-state index in [2.05, 4.69) is 34.7 Å². The van der Waals surface area contributed by atoms with Crippen LogP contribution in [0.4, 0.5) is 4.39 Å². The van der Waals surface area contributed by atoms with Gasteiger partial charge in [0.2, 0.25) is 0 Å². The SMILES string of the molecule is CCOc1ccc(CNC(=NC)NCc2ccccc2C)cc1F.I. The zero-order valence-corrected chi connectivity index (χ0v) is 17.1. The van der Waals surface area contributed by atoms with Crippen LogP contribution in [-0.4, -0.2) is 19.6 Å². The topological polar surface area (TPSA) is 45.6 Å². The largest absolute Gasteiger partial charge is 0.491 e. The Hall–Kier alpha value is -1.83. The zero-order valence-electron chi connectivity index (χ0n) is 14.8. The fourth-order valence-corrected chi connectivity index (χ4v) is 2.32. The fourth-order valence-electron chi connectivity index (χ4n) is 2.32. The molecule has 2 aromatic rings. The summed E-state index contributed by atoms with van der Waals surface area (Å²) in [5, 5.41) is 6.45. The third kappa shape index (κ3) is 6.53. The van der Waals surface area contributed by atoms with Gasteiger partial charge in [0.1, 0.15) is 0 Å². The highest BCUT2D eigenvalue weighted by Gasteiger charge is 2.05. The molecule has 0 radical (unpaired) electrons. The van der Waals surface area contributed by atoms with Crippen molar-refractivity contribution in [3.8, 4) is 5.75 Å². The van der Waals surface area contributed by atoms with E-state index >= 15 is 0 Å². The molecule has 0 atom stereocenters. The second kappa shape index (κ2) is 10.9. The summed E-state index contributed by atoms with van der Waals surface area (Å²) in [5.74, 6) is 0.606. The van der Waals surface area contributed by atoms with Crippen molar-refractivity contribution in [2.24, 2.45) is 4.99 Å². The Kier molecular flexibility index (Phi) is 9.26. The highest BCUT2D eigenvalue weighted by atomic mass is 127. The predicted molar refractivity (Wildman–Crippen MR) is 111 cm³/mol. The van der Waals surface area contributed by atoms with Crippen LogP contribution >= 0.6 is 24.0 Å². The maximum atomic E-state index is 13.9. The standard InChI is InChI=1S/C19H24FN3O.HI/c1-4-24-18-10-9-15(11-17(18)20)12-22-19(21-3)23-13-16-8-6-5-7-14(16)2;/h5-11H,4,12-13H2,1-3H3,(H2,21,22,23);1H. The van der Waals surface area contributed by atoms with Gasteiger partial charge in [0.15, 0.2) is 17.5 Å². The molecule has 0 amide bonds. The molecule has 0 bridgehead atoms. The average molecular weight is 457 g/mol. The molecule has 136 valence electrons. The van der Waals surface area contributed by atoms with Gasteiger partial charge in [0.05, 0.1) is 6.61 Å². The molecule has 0 aliphatic heterocycles. The van der Waals surface area contributed by atoms with Crippen molar-refractivity contribution in [3.63, 3.8) is 0 Å². The van der Waals surface area contributed by atoms with Crippen molar-refractivity contribution in [2.45, 2.75) is 26.9 Å². The quantitative estimate of drug-likeness (QED) is 0.392. The Morgan fingerprint density at radius 1 is 1.12 bits per heavy atom. The van der Waals surface area contributed by atoms with Crippen molar-refractivity contribution in [2.75, 3.05) is 13.7 Å². The van der Waals surface area contributed by atoms with E-state index in [1.54, 1.807) is 13.1 Å². The summed E-state index contributed by atoms with van der Waals surface area (Å²) >= 11 is 0. The van der Waals surface area contributed by atoms with Gasteiger partial charge in [-0.05, 0) is 42.7 Å². The van der Waals surface area contributed by atoms with Gasteiger partial charge in [-0.15, -0.1) is 24.0 Å². The first-order valence-electron chi connectivity index (χ1n) is 8.04. The number of halogens is 2. The summed E-state index contributed by atoms with van der Waals surface area (Å²) in [4.78, 5) is 4.19. The summed E-state index contributed by atoms with van der Waals surface area (Å²) in [6.07, 6.45) is 0. The summed E-state index contributed by atoms with van der Waals surface area (Å²) in [7, 11) is 1.71. The van der Waals surface area contributed by atoms with E-state index in [0.717, 1.165) is 5.56 Å². The highest BCUT2D eigenvalue weighted by Crippen LogP contribution is 2.18. The number of nitrogens with one attached hydrogen (secondary N) is 2. The van der Waals surface area contributed by atoms with Gasteiger partial charge in [-0.2, -0.15) is 0 Å².